The Bertz CT molecular complexity index is 545. The molecule has 0 aliphatic carbocycles. The SMILES string of the molecule is COc1ccc(S(=O)c2ccccn2)c(I)c1. The van der Waals surface area contributed by atoms with E-state index in [4.69, 9.17) is 4.74 Å². The van der Waals surface area contributed by atoms with E-state index in [-0.39, 0.29) is 0 Å². The number of methoxy groups -OCH3 is 1. The van der Waals surface area contributed by atoms with Gasteiger partial charge in [0, 0.05) is 9.77 Å². The van der Waals surface area contributed by atoms with Crippen LogP contribution in [0.5, 0.6) is 5.75 Å². The quantitative estimate of drug-likeness (QED) is 0.792. The lowest BCUT2D eigenvalue weighted by Crippen LogP contribution is -1.98. The Morgan fingerprint density at radius 2 is 2.12 bits per heavy atom. The minimum atomic E-state index is -1.24. The van der Waals surface area contributed by atoms with Crippen molar-refractivity contribution in [2.75, 3.05) is 7.11 Å². The molecule has 0 amide bonds. The van der Waals surface area contributed by atoms with E-state index in [9.17, 15) is 4.21 Å². The molecule has 17 heavy (non-hydrogen) atoms. The summed E-state index contributed by atoms with van der Waals surface area (Å²) >= 11 is 2.15. The van der Waals surface area contributed by atoms with Gasteiger partial charge in [-0.3, -0.25) is 0 Å². The number of benzene rings is 1. The number of nitrogens with zero attached hydrogens (tertiary/aromatic N) is 1. The fraction of sp³-hybridized carbons (Fsp3) is 0.0833. The van der Waals surface area contributed by atoms with Crippen molar-refractivity contribution in [3.05, 3.63) is 46.2 Å². The van der Waals surface area contributed by atoms with E-state index in [0.717, 1.165) is 14.2 Å². The summed E-state index contributed by atoms with van der Waals surface area (Å²) in [4.78, 5) is 4.86. The molecule has 5 heteroatoms. The van der Waals surface area contributed by atoms with Crippen LogP contribution < -0.4 is 4.74 Å². The Balaban J connectivity index is 2.38. The van der Waals surface area contributed by atoms with Gasteiger partial charge in [-0.25, -0.2) is 9.19 Å². The van der Waals surface area contributed by atoms with Crippen molar-refractivity contribution in [1.29, 1.82) is 0 Å². The number of aromatic nitrogens is 1. The van der Waals surface area contributed by atoms with E-state index < -0.39 is 10.8 Å². The molecule has 3 nitrogen and oxygen atoms in total. The van der Waals surface area contributed by atoms with Gasteiger partial charge in [0.1, 0.15) is 21.6 Å². The van der Waals surface area contributed by atoms with Gasteiger partial charge in [-0.15, -0.1) is 0 Å². The van der Waals surface area contributed by atoms with Crippen molar-refractivity contribution in [1.82, 2.24) is 4.98 Å². The predicted octanol–water partition coefficient (Wildman–Crippen LogP) is 2.86. The van der Waals surface area contributed by atoms with Gasteiger partial charge < -0.3 is 4.74 Å². The van der Waals surface area contributed by atoms with E-state index in [2.05, 4.69) is 27.6 Å². The highest BCUT2D eigenvalue weighted by atomic mass is 127. The molecule has 2 aromatic rings. The topological polar surface area (TPSA) is 39.2 Å². The second-order valence-electron chi connectivity index (χ2n) is 3.23. The zero-order chi connectivity index (χ0) is 12.3. The molecule has 0 spiro atoms. The number of hydrogen-bond acceptors (Lipinski definition) is 3. The monoisotopic (exact) mass is 359 g/mol. The van der Waals surface area contributed by atoms with E-state index >= 15 is 0 Å². The summed E-state index contributed by atoms with van der Waals surface area (Å²) in [6.45, 7) is 0. The van der Waals surface area contributed by atoms with Crippen LogP contribution in [0, 0.1) is 3.57 Å². The Kier molecular flexibility index (Phi) is 4.11. The van der Waals surface area contributed by atoms with Crippen LogP contribution in [0.4, 0.5) is 0 Å². The molecule has 0 aliphatic rings. The molecular weight excluding hydrogens is 349 g/mol. The first-order chi connectivity index (χ1) is 8.22. The third-order valence-electron chi connectivity index (χ3n) is 2.17. The largest absolute Gasteiger partial charge is 0.497 e. The number of pyridine rings is 1. The molecule has 0 saturated heterocycles. The van der Waals surface area contributed by atoms with Gasteiger partial charge in [-0.05, 0) is 52.9 Å². The van der Waals surface area contributed by atoms with Crippen molar-refractivity contribution in [3.63, 3.8) is 0 Å². The molecule has 0 bridgehead atoms. The second kappa shape index (κ2) is 5.59. The number of hydrogen-bond donors (Lipinski definition) is 0. The Morgan fingerprint density at radius 1 is 1.29 bits per heavy atom. The molecule has 1 atom stereocenters. The summed E-state index contributed by atoms with van der Waals surface area (Å²) in [5, 5.41) is 0.565. The fourth-order valence-electron chi connectivity index (χ4n) is 1.33. The van der Waals surface area contributed by atoms with Crippen molar-refractivity contribution in [2.24, 2.45) is 0 Å². The van der Waals surface area contributed by atoms with Crippen LogP contribution in [-0.2, 0) is 10.8 Å². The number of rotatable bonds is 3. The highest BCUT2D eigenvalue weighted by Crippen LogP contribution is 2.24. The van der Waals surface area contributed by atoms with Crippen LogP contribution in [-0.4, -0.2) is 16.3 Å². The fourth-order valence-corrected chi connectivity index (χ4v) is 3.43. The first kappa shape index (κ1) is 12.5. The average Bonchev–Trinajstić information content (AvgIpc) is 2.39. The normalized spacial score (nSPS) is 12.1. The van der Waals surface area contributed by atoms with Crippen molar-refractivity contribution < 1.29 is 8.95 Å². The van der Waals surface area contributed by atoms with E-state index in [0.29, 0.717) is 5.03 Å². The summed E-state index contributed by atoms with van der Waals surface area (Å²) in [6.07, 6.45) is 1.64. The molecule has 88 valence electrons. The smallest absolute Gasteiger partial charge is 0.132 e. The van der Waals surface area contributed by atoms with Gasteiger partial charge in [0.05, 0.1) is 12.0 Å². The highest BCUT2D eigenvalue weighted by molar-refractivity contribution is 14.1. The van der Waals surface area contributed by atoms with Crippen LogP contribution in [0.2, 0.25) is 0 Å². The maximum absolute atomic E-state index is 12.3. The van der Waals surface area contributed by atoms with Crippen molar-refractivity contribution in [2.45, 2.75) is 9.92 Å². The van der Waals surface area contributed by atoms with Gasteiger partial charge in [0.15, 0.2) is 0 Å². The summed E-state index contributed by atoms with van der Waals surface area (Å²) in [5.74, 6) is 0.760. The van der Waals surface area contributed by atoms with E-state index in [1.165, 1.54) is 0 Å². The summed E-state index contributed by atoms with van der Waals surface area (Å²) < 4.78 is 18.3. The molecular formula is C12H10INO2S. The second-order valence-corrected chi connectivity index (χ2v) is 5.79. The van der Waals surface area contributed by atoms with Gasteiger partial charge in [-0.2, -0.15) is 0 Å². The molecule has 1 unspecified atom stereocenters. The van der Waals surface area contributed by atoms with Gasteiger partial charge in [-0.1, -0.05) is 6.07 Å². The van der Waals surface area contributed by atoms with Crippen molar-refractivity contribution in [3.8, 4) is 5.75 Å². The maximum atomic E-state index is 12.3. The number of halogens is 1. The Morgan fingerprint density at radius 3 is 2.71 bits per heavy atom. The average molecular weight is 359 g/mol. The van der Waals surface area contributed by atoms with E-state index in [1.54, 1.807) is 31.5 Å². The number of ether oxygens (including phenoxy) is 1. The van der Waals surface area contributed by atoms with Crippen LogP contribution >= 0.6 is 22.6 Å². The first-order valence-electron chi connectivity index (χ1n) is 4.88. The molecule has 1 aromatic heterocycles. The van der Waals surface area contributed by atoms with Crippen LogP contribution in [0.1, 0.15) is 0 Å². The van der Waals surface area contributed by atoms with Crippen molar-refractivity contribution >= 4 is 33.4 Å². The Labute approximate surface area is 116 Å². The molecule has 0 N–H and O–H groups in total. The summed E-state index contributed by atoms with van der Waals surface area (Å²) in [5.41, 5.74) is 0. The third kappa shape index (κ3) is 2.84. The molecule has 2 rings (SSSR count). The van der Waals surface area contributed by atoms with Gasteiger partial charge in [0.25, 0.3) is 0 Å². The van der Waals surface area contributed by atoms with Crippen LogP contribution in [0.15, 0.2) is 52.5 Å². The lowest BCUT2D eigenvalue weighted by atomic mass is 10.3. The lowest BCUT2D eigenvalue weighted by Gasteiger charge is -2.06. The predicted molar refractivity (Wildman–Crippen MR) is 74.6 cm³/mol. The van der Waals surface area contributed by atoms with E-state index in [1.807, 2.05) is 18.2 Å². The molecule has 0 fully saturated rings. The summed E-state index contributed by atoms with van der Waals surface area (Å²) in [7, 11) is 0.369. The highest BCUT2D eigenvalue weighted by Gasteiger charge is 2.12. The molecule has 1 heterocycles. The summed E-state index contributed by atoms with van der Waals surface area (Å²) in [6, 6.07) is 10.9. The third-order valence-corrected chi connectivity index (χ3v) is 4.80. The zero-order valence-corrected chi connectivity index (χ0v) is 12.1. The standard InChI is InChI=1S/C12H10INO2S/c1-16-9-5-6-11(10(13)8-9)17(15)12-4-2-3-7-14-12/h2-8H,1H3. The molecule has 0 aliphatic heterocycles. The van der Waals surface area contributed by atoms with Gasteiger partial charge >= 0.3 is 0 Å². The molecule has 0 radical (unpaired) electrons. The Hall–Kier alpha value is -0.950. The minimum Gasteiger partial charge on any atom is -0.497 e. The molecule has 1 aromatic carbocycles. The minimum absolute atomic E-state index is 0.565. The van der Waals surface area contributed by atoms with Gasteiger partial charge in [0.2, 0.25) is 0 Å². The maximum Gasteiger partial charge on any atom is 0.132 e. The van der Waals surface area contributed by atoms with Crippen LogP contribution in [0.25, 0.3) is 0 Å². The zero-order valence-electron chi connectivity index (χ0n) is 9.09. The van der Waals surface area contributed by atoms with Crippen LogP contribution in [0.3, 0.4) is 0 Å². The lowest BCUT2D eigenvalue weighted by molar-refractivity contribution is 0.414. The first-order valence-corrected chi connectivity index (χ1v) is 7.11. The molecule has 0 saturated carbocycles.